The monoisotopic (exact) mass is 377 g/mol. The Morgan fingerprint density at radius 2 is 1.64 bits per heavy atom. The molecule has 148 valence electrons. The number of benzene rings is 1. The van der Waals surface area contributed by atoms with E-state index < -0.39 is 0 Å². The highest BCUT2D eigenvalue weighted by atomic mass is 15.3. The topological polar surface area (TPSA) is 12.7 Å². The van der Waals surface area contributed by atoms with Crippen molar-refractivity contribution in [2.75, 3.05) is 0 Å². The minimum atomic E-state index is -0.235. The summed E-state index contributed by atoms with van der Waals surface area (Å²) in [6.07, 6.45) is 8.39. The van der Waals surface area contributed by atoms with E-state index in [4.69, 9.17) is 0 Å². The Balaban J connectivity index is 0.00000136. The molecule has 0 spiro atoms. The molecular formula is C25H35N3+2. The van der Waals surface area contributed by atoms with Crippen molar-refractivity contribution < 1.29 is 9.13 Å². The van der Waals surface area contributed by atoms with E-state index in [0.29, 0.717) is 0 Å². The average Bonchev–Trinajstić information content (AvgIpc) is 3.16. The zero-order chi connectivity index (χ0) is 20.7. The normalized spacial score (nSPS) is 12.6. The van der Waals surface area contributed by atoms with Crippen LogP contribution >= 0.6 is 0 Å². The summed E-state index contributed by atoms with van der Waals surface area (Å²) in [6, 6.07) is 17.0. The van der Waals surface area contributed by atoms with E-state index in [1.54, 1.807) is 0 Å². The molecule has 0 unspecified atom stereocenters. The van der Waals surface area contributed by atoms with Gasteiger partial charge in [0.2, 0.25) is 5.69 Å². The van der Waals surface area contributed by atoms with Crippen LogP contribution in [0.2, 0.25) is 0 Å². The molecule has 28 heavy (non-hydrogen) atoms. The lowest BCUT2D eigenvalue weighted by Crippen LogP contribution is -2.60. The highest BCUT2D eigenvalue weighted by Crippen LogP contribution is 2.26. The second-order valence-corrected chi connectivity index (χ2v) is 6.95. The Bertz CT molecular complexity index is 909. The largest absolute Gasteiger partial charge is 0.305 e. The second-order valence-electron chi connectivity index (χ2n) is 6.95. The van der Waals surface area contributed by atoms with Gasteiger partial charge in [-0.15, -0.1) is 0 Å². The molecule has 0 fully saturated rings. The molecule has 3 aromatic rings. The fourth-order valence-electron chi connectivity index (χ4n) is 3.59. The highest BCUT2D eigenvalue weighted by Gasteiger charge is 2.44. The minimum absolute atomic E-state index is 0.235. The van der Waals surface area contributed by atoms with Gasteiger partial charge in [0.05, 0.1) is 19.0 Å². The van der Waals surface area contributed by atoms with Gasteiger partial charge in [0.1, 0.15) is 12.4 Å². The molecule has 3 rings (SSSR count). The summed E-state index contributed by atoms with van der Waals surface area (Å²) in [6.45, 7) is 15.0. The fraction of sp³-hybridized carbons (Fsp3) is 0.360. The number of hydrogen-bond acceptors (Lipinski definition) is 0. The molecule has 0 saturated carbocycles. The van der Waals surface area contributed by atoms with Crippen molar-refractivity contribution in [3.63, 3.8) is 0 Å². The van der Waals surface area contributed by atoms with Crippen molar-refractivity contribution in [3.05, 3.63) is 79.4 Å². The van der Waals surface area contributed by atoms with E-state index >= 15 is 0 Å². The molecule has 0 aliphatic carbocycles. The second kappa shape index (κ2) is 9.50. The van der Waals surface area contributed by atoms with Crippen LogP contribution in [0.4, 0.5) is 0 Å². The van der Waals surface area contributed by atoms with E-state index in [2.05, 4.69) is 115 Å². The third-order valence-corrected chi connectivity index (χ3v) is 5.39. The predicted molar refractivity (Wildman–Crippen MR) is 118 cm³/mol. The van der Waals surface area contributed by atoms with Crippen molar-refractivity contribution in [1.29, 1.82) is 0 Å². The van der Waals surface area contributed by atoms with Crippen LogP contribution in [0.1, 0.15) is 53.2 Å². The van der Waals surface area contributed by atoms with Crippen molar-refractivity contribution in [2.24, 2.45) is 7.05 Å². The number of rotatable bonds is 6. The lowest BCUT2D eigenvalue weighted by atomic mass is 10.0. The van der Waals surface area contributed by atoms with Crippen LogP contribution in [-0.2, 0) is 12.7 Å². The molecule has 0 radical (unpaired) electrons. The molecule has 3 nitrogen and oxygen atoms in total. The van der Waals surface area contributed by atoms with Crippen molar-refractivity contribution in [3.8, 4) is 11.4 Å². The summed E-state index contributed by atoms with van der Waals surface area (Å²) >= 11 is 0. The SMILES string of the molecule is C=C(CC)c1cccc[n+]1[C@@](C)(CC)n1cc[n+](C)c1-c1ccccc1.CC. The third kappa shape index (κ3) is 3.94. The van der Waals surface area contributed by atoms with Gasteiger partial charge in [0.15, 0.2) is 6.20 Å². The smallest absolute Gasteiger partial charge is 0.232 e. The summed E-state index contributed by atoms with van der Waals surface area (Å²) in [4.78, 5) is 0. The molecule has 0 aliphatic rings. The van der Waals surface area contributed by atoms with E-state index in [1.807, 2.05) is 13.8 Å². The molecule has 2 aromatic heterocycles. The first kappa shape index (κ1) is 21.6. The lowest BCUT2D eigenvalue weighted by Gasteiger charge is -2.23. The van der Waals surface area contributed by atoms with Crippen LogP contribution in [0.5, 0.6) is 0 Å². The molecule has 3 heteroatoms. The summed E-state index contributed by atoms with van der Waals surface area (Å²) in [5, 5.41) is 0. The average molecular weight is 378 g/mol. The van der Waals surface area contributed by atoms with Gasteiger partial charge < -0.3 is 0 Å². The zero-order valence-corrected chi connectivity index (χ0v) is 18.3. The van der Waals surface area contributed by atoms with Gasteiger partial charge in [-0.25, -0.2) is 4.57 Å². The number of hydrogen-bond donors (Lipinski definition) is 0. The Kier molecular flexibility index (Phi) is 7.33. The third-order valence-electron chi connectivity index (χ3n) is 5.39. The first-order chi connectivity index (χ1) is 13.5. The van der Waals surface area contributed by atoms with Crippen LogP contribution in [-0.4, -0.2) is 4.57 Å². The molecule has 1 atom stereocenters. The molecule has 0 aliphatic heterocycles. The Morgan fingerprint density at radius 3 is 2.25 bits per heavy atom. The summed E-state index contributed by atoms with van der Waals surface area (Å²) in [5.74, 6) is 1.19. The quantitative estimate of drug-likeness (QED) is 0.514. The van der Waals surface area contributed by atoms with Crippen LogP contribution in [0.3, 0.4) is 0 Å². The lowest BCUT2D eigenvalue weighted by molar-refractivity contribution is -0.771. The number of imidazole rings is 1. The maximum atomic E-state index is 4.30. The van der Waals surface area contributed by atoms with Gasteiger partial charge in [0.25, 0.3) is 5.82 Å². The molecule has 0 saturated heterocycles. The molecule has 2 heterocycles. The molecular weight excluding hydrogens is 342 g/mol. The Morgan fingerprint density at radius 1 is 1.00 bits per heavy atom. The highest BCUT2D eigenvalue weighted by molar-refractivity contribution is 5.57. The molecule has 0 bridgehead atoms. The first-order valence-electron chi connectivity index (χ1n) is 10.3. The number of allylic oxidation sites excluding steroid dienone is 1. The summed E-state index contributed by atoms with van der Waals surface area (Å²) in [7, 11) is 2.11. The Hall–Kier alpha value is -2.68. The van der Waals surface area contributed by atoms with E-state index in [-0.39, 0.29) is 5.66 Å². The van der Waals surface area contributed by atoms with Crippen molar-refractivity contribution in [1.82, 2.24) is 4.57 Å². The van der Waals surface area contributed by atoms with Crippen LogP contribution in [0.25, 0.3) is 17.0 Å². The maximum Gasteiger partial charge on any atom is 0.305 e. The van der Waals surface area contributed by atoms with Gasteiger partial charge in [0, 0.05) is 24.6 Å². The van der Waals surface area contributed by atoms with Gasteiger partial charge in [-0.05, 0) is 24.6 Å². The first-order valence-corrected chi connectivity index (χ1v) is 10.3. The predicted octanol–water partition coefficient (Wildman–Crippen LogP) is 5.35. The minimum Gasteiger partial charge on any atom is -0.232 e. The summed E-state index contributed by atoms with van der Waals surface area (Å²) < 4.78 is 6.95. The Labute approximate surface area is 170 Å². The number of pyridine rings is 1. The molecule has 0 amide bonds. The standard InChI is InChI=1S/C23H29N3.C2H6/c1-6-19(3)21-15-11-12-16-25(21)23(4,7-2)26-18-17-24(5)22(26)20-13-9-8-10-14-20;1-2/h8-18H,3,6-7H2,1-2,4-5H3;1-2H3/q+2;/t23-;/m1./s1. The number of aryl methyl sites for hydroxylation is 1. The van der Waals surface area contributed by atoms with Gasteiger partial charge in [-0.2, -0.15) is 9.13 Å². The number of aromatic nitrogens is 3. The van der Waals surface area contributed by atoms with Gasteiger partial charge in [-0.3, -0.25) is 0 Å². The van der Waals surface area contributed by atoms with E-state index in [9.17, 15) is 0 Å². The van der Waals surface area contributed by atoms with E-state index in [1.165, 1.54) is 17.1 Å². The van der Waals surface area contributed by atoms with Crippen molar-refractivity contribution in [2.45, 2.75) is 53.1 Å². The maximum absolute atomic E-state index is 4.30. The van der Waals surface area contributed by atoms with Gasteiger partial charge in [-0.1, -0.05) is 52.5 Å². The fourth-order valence-corrected chi connectivity index (χ4v) is 3.59. The van der Waals surface area contributed by atoms with Crippen LogP contribution in [0, 0.1) is 0 Å². The van der Waals surface area contributed by atoms with Gasteiger partial charge >= 0.3 is 5.66 Å². The van der Waals surface area contributed by atoms with Crippen LogP contribution in [0.15, 0.2) is 73.7 Å². The van der Waals surface area contributed by atoms with Crippen LogP contribution < -0.4 is 9.13 Å². The van der Waals surface area contributed by atoms with Crippen molar-refractivity contribution >= 4 is 5.57 Å². The zero-order valence-electron chi connectivity index (χ0n) is 18.3. The number of nitrogens with zero attached hydrogens (tertiary/aromatic N) is 3. The molecule has 0 N–H and O–H groups in total. The molecule has 1 aromatic carbocycles. The van der Waals surface area contributed by atoms with E-state index in [0.717, 1.165) is 18.4 Å². The summed E-state index contributed by atoms with van der Waals surface area (Å²) in [5.41, 5.74) is 3.33.